The van der Waals surface area contributed by atoms with Gasteiger partial charge in [0.15, 0.2) is 17.9 Å². The predicted octanol–water partition coefficient (Wildman–Crippen LogP) is -1.78. The monoisotopic (exact) mass is 345 g/mol. The van der Waals surface area contributed by atoms with Crippen molar-refractivity contribution in [2.24, 2.45) is 33.3 Å². The van der Waals surface area contributed by atoms with Gasteiger partial charge in [-0.2, -0.15) is 0 Å². The van der Waals surface area contributed by atoms with E-state index in [0.29, 0.717) is 36.3 Å². The molecule has 1 aromatic rings. The molecule has 2 spiro atoms. The summed E-state index contributed by atoms with van der Waals surface area (Å²) >= 11 is 0. The van der Waals surface area contributed by atoms with Gasteiger partial charge in [0.2, 0.25) is 0 Å². The number of aliphatic imine (C=N–C) groups is 2. The highest BCUT2D eigenvalue weighted by molar-refractivity contribution is 5.84. The third-order valence-electron chi connectivity index (χ3n) is 6.54. The fourth-order valence-corrected chi connectivity index (χ4v) is 5.47. The molecule has 25 heavy (non-hydrogen) atoms. The average Bonchev–Trinajstić information content (AvgIpc) is 3.21. The minimum atomic E-state index is -0.626. The van der Waals surface area contributed by atoms with Crippen molar-refractivity contribution in [3.05, 3.63) is 11.4 Å². The zero-order valence-corrected chi connectivity index (χ0v) is 14.0. The summed E-state index contributed by atoms with van der Waals surface area (Å²) in [6.45, 7) is 2.71. The van der Waals surface area contributed by atoms with Crippen molar-refractivity contribution in [1.29, 1.82) is 0 Å². The molecule has 2 aliphatic carbocycles. The molecule has 10 heteroatoms. The number of rotatable bonds is 0. The largest absolute Gasteiger partial charge is 0.387 e. The normalized spacial score (nSPS) is 44.2. The minimum Gasteiger partial charge on any atom is -0.387 e. The lowest BCUT2D eigenvalue weighted by atomic mass is 9.54. The topological polar surface area (TPSA) is 176 Å². The number of nitrogens with two attached hydrogens (primary N) is 3. The number of H-pyrrole nitrogens is 1. The van der Waals surface area contributed by atoms with Gasteiger partial charge in [0.25, 0.3) is 0 Å². The Hall–Kier alpha value is -2.49. The van der Waals surface area contributed by atoms with Gasteiger partial charge in [-0.05, 0) is 24.7 Å². The van der Waals surface area contributed by atoms with Gasteiger partial charge in [0, 0.05) is 0 Å². The zero-order chi connectivity index (χ0) is 17.6. The van der Waals surface area contributed by atoms with Crippen LogP contribution in [0.15, 0.2) is 9.98 Å². The second-order valence-electron chi connectivity index (χ2n) is 7.75. The molecule has 1 saturated carbocycles. The van der Waals surface area contributed by atoms with Gasteiger partial charge in [-0.3, -0.25) is 4.99 Å². The van der Waals surface area contributed by atoms with E-state index in [4.69, 9.17) is 22.2 Å². The number of hydrogen-bond donors (Lipinski definition) is 7. The number of nitrogens with zero attached hydrogens (tertiary/aromatic N) is 3. The molecule has 134 valence electrons. The van der Waals surface area contributed by atoms with E-state index in [1.54, 1.807) is 0 Å². The van der Waals surface area contributed by atoms with E-state index in [-0.39, 0.29) is 23.8 Å². The molecular formula is C15H23N9O. The molecule has 0 aromatic carbocycles. The van der Waals surface area contributed by atoms with Gasteiger partial charge in [-0.1, -0.05) is 6.92 Å². The maximum absolute atomic E-state index is 10.6. The lowest BCUT2D eigenvalue weighted by Crippen LogP contribution is -2.73. The number of nitrogens with one attached hydrogen (secondary N) is 3. The fourth-order valence-electron chi connectivity index (χ4n) is 5.47. The first-order valence-electron chi connectivity index (χ1n) is 8.60. The first-order valence-corrected chi connectivity index (χ1v) is 8.60. The van der Waals surface area contributed by atoms with E-state index in [2.05, 4.69) is 32.5 Å². The number of nitrogen functional groups attached to an aromatic ring is 1. The molecule has 6 atom stereocenters. The third-order valence-corrected chi connectivity index (χ3v) is 6.54. The van der Waals surface area contributed by atoms with Gasteiger partial charge in [-0.25, -0.2) is 9.98 Å². The highest BCUT2D eigenvalue weighted by atomic mass is 16.3. The van der Waals surface area contributed by atoms with Gasteiger partial charge in [0.05, 0.1) is 29.6 Å². The van der Waals surface area contributed by atoms with Crippen LogP contribution < -0.4 is 27.8 Å². The van der Waals surface area contributed by atoms with Crippen molar-refractivity contribution in [3.63, 3.8) is 0 Å². The summed E-state index contributed by atoms with van der Waals surface area (Å²) < 4.78 is 0. The van der Waals surface area contributed by atoms with Crippen molar-refractivity contribution >= 4 is 17.9 Å². The molecule has 0 unspecified atom stereocenters. The van der Waals surface area contributed by atoms with E-state index in [1.165, 1.54) is 0 Å². The number of aromatic nitrogens is 2. The lowest BCUT2D eigenvalue weighted by Gasteiger charge is -2.56. The van der Waals surface area contributed by atoms with Crippen molar-refractivity contribution < 1.29 is 5.11 Å². The summed E-state index contributed by atoms with van der Waals surface area (Å²) in [5, 5.41) is 17.4. The molecule has 2 aliphatic heterocycles. The maximum atomic E-state index is 10.6. The van der Waals surface area contributed by atoms with Crippen LogP contribution in [0.5, 0.6) is 0 Å². The molecule has 1 aromatic heterocycles. The fraction of sp³-hybridized carbons (Fsp3) is 0.667. The summed E-state index contributed by atoms with van der Waals surface area (Å²) in [6.07, 6.45) is 0.835. The molecule has 10 N–H and O–H groups in total. The Labute approximate surface area is 144 Å². The molecule has 0 bridgehead atoms. The number of aliphatic hydroxyl groups excluding tert-OH is 1. The van der Waals surface area contributed by atoms with Crippen molar-refractivity contribution in [1.82, 2.24) is 20.6 Å². The van der Waals surface area contributed by atoms with Crippen molar-refractivity contribution in [2.75, 3.05) is 12.3 Å². The van der Waals surface area contributed by atoms with Crippen molar-refractivity contribution in [2.45, 2.75) is 43.0 Å². The number of guanidine groups is 2. The van der Waals surface area contributed by atoms with Gasteiger partial charge < -0.3 is 37.9 Å². The molecular weight excluding hydrogens is 322 g/mol. The van der Waals surface area contributed by atoms with Crippen LogP contribution in [0.1, 0.15) is 37.3 Å². The molecule has 3 heterocycles. The quantitative estimate of drug-likeness (QED) is 0.291. The van der Waals surface area contributed by atoms with Crippen LogP contribution in [0.4, 0.5) is 5.95 Å². The highest BCUT2D eigenvalue weighted by Gasteiger charge is 2.68. The number of imidazole rings is 1. The maximum Gasteiger partial charge on any atom is 0.198 e. The second-order valence-corrected chi connectivity index (χ2v) is 7.75. The summed E-state index contributed by atoms with van der Waals surface area (Å²) in [5.41, 5.74) is 18.3. The van der Waals surface area contributed by atoms with E-state index in [9.17, 15) is 5.11 Å². The van der Waals surface area contributed by atoms with Crippen LogP contribution in [-0.4, -0.2) is 45.1 Å². The molecule has 1 fully saturated rings. The number of hydrogen-bond acceptors (Lipinski definition) is 9. The van der Waals surface area contributed by atoms with E-state index in [0.717, 1.165) is 6.42 Å². The summed E-state index contributed by atoms with van der Waals surface area (Å²) in [5.74, 6) is 1.46. The molecule has 4 aliphatic rings. The third kappa shape index (κ3) is 1.60. The Kier molecular flexibility index (Phi) is 2.59. The zero-order valence-electron chi connectivity index (χ0n) is 14.0. The Morgan fingerprint density at radius 3 is 2.68 bits per heavy atom. The Morgan fingerprint density at radius 1 is 1.16 bits per heavy atom. The standard InChI is InChI=1S/C15H23N9O/c1-5-2-6-3-7(25)8-9(21-12(17)20-8)15(6)10(22-13(18)24-15)14(5)4-19-11(16)23-14/h5-7,10,25H,2-4H2,1H3,(H3,16,19,23)(H3,17,20,21)(H3,18,22,24)/t5-,6-,7+,10-,14-,15-/m1/s1. The van der Waals surface area contributed by atoms with Gasteiger partial charge in [-0.15, -0.1) is 0 Å². The summed E-state index contributed by atoms with van der Waals surface area (Å²) in [4.78, 5) is 16.7. The molecule has 0 saturated heterocycles. The summed E-state index contributed by atoms with van der Waals surface area (Å²) in [7, 11) is 0. The van der Waals surface area contributed by atoms with Crippen LogP contribution in [-0.2, 0) is 5.54 Å². The average molecular weight is 345 g/mol. The Bertz CT molecular complexity index is 816. The highest BCUT2D eigenvalue weighted by Crippen LogP contribution is 2.57. The van der Waals surface area contributed by atoms with E-state index < -0.39 is 17.2 Å². The van der Waals surface area contributed by atoms with Gasteiger partial charge in [0.1, 0.15) is 11.6 Å². The molecule has 10 nitrogen and oxygen atoms in total. The number of fused-ring (bicyclic) bond motifs is 2. The first kappa shape index (κ1) is 14.8. The second kappa shape index (κ2) is 4.37. The lowest BCUT2D eigenvalue weighted by molar-refractivity contribution is -0.0111. The Morgan fingerprint density at radius 2 is 1.96 bits per heavy atom. The molecule has 5 rings (SSSR count). The van der Waals surface area contributed by atoms with E-state index >= 15 is 0 Å². The van der Waals surface area contributed by atoms with Crippen LogP contribution >= 0.6 is 0 Å². The molecule has 0 amide bonds. The first-order chi connectivity index (χ1) is 11.9. The van der Waals surface area contributed by atoms with Crippen LogP contribution in [0, 0.1) is 11.8 Å². The van der Waals surface area contributed by atoms with Crippen LogP contribution in [0.2, 0.25) is 0 Å². The van der Waals surface area contributed by atoms with Crippen LogP contribution in [0.3, 0.4) is 0 Å². The predicted molar refractivity (Wildman–Crippen MR) is 92.4 cm³/mol. The molecule has 0 radical (unpaired) electrons. The summed E-state index contributed by atoms with van der Waals surface area (Å²) in [6, 6.07) is -0.243. The van der Waals surface area contributed by atoms with E-state index in [1.807, 2.05) is 0 Å². The number of aromatic amines is 1. The van der Waals surface area contributed by atoms with Crippen LogP contribution in [0.25, 0.3) is 0 Å². The number of aliphatic hydroxyl groups is 1. The smallest absolute Gasteiger partial charge is 0.198 e. The SMILES string of the molecule is C[C@@H]1C[C@@H]2C[C@H](O)c3[nH]c(N)nc3[C@]23NC(N)=N[C@@H]3[C@@]12CN=C(N)N2. The minimum absolute atomic E-state index is 0.122. The Balaban J connectivity index is 1.73. The van der Waals surface area contributed by atoms with Gasteiger partial charge >= 0.3 is 0 Å². The number of anilines is 1. The van der Waals surface area contributed by atoms with Crippen molar-refractivity contribution in [3.8, 4) is 0 Å².